The minimum Gasteiger partial charge on any atom is -0.379 e. The highest BCUT2D eigenvalue weighted by molar-refractivity contribution is 5.93. The van der Waals surface area contributed by atoms with Crippen molar-refractivity contribution in [2.75, 3.05) is 32.8 Å². The molecule has 1 atom stereocenters. The van der Waals surface area contributed by atoms with Crippen LogP contribution in [0.1, 0.15) is 24.3 Å². The molecule has 25 heavy (non-hydrogen) atoms. The number of carbonyl (C=O) groups excluding carboxylic acids is 1. The number of hydrogen-bond donors (Lipinski definition) is 1. The SMILES string of the molecule is CC(C)[C@H](CNC(=O)c1cc(-c2ccccc2)on1)N1CCOCC1. The van der Waals surface area contributed by atoms with Crippen LogP contribution in [-0.4, -0.2) is 54.9 Å². The summed E-state index contributed by atoms with van der Waals surface area (Å²) in [6, 6.07) is 11.6. The van der Waals surface area contributed by atoms with Gasteiger partial charge in [-0.2, -0.15) is 0 Å². The molecule has 2 aromatic rings. The fraction of sp³-hybridized carbons (Fsp3) is 0.474. The maximum Gasteiger partial charge on any atom is 0.273 e. The van der Waals surface area contributed by atoms with Gasteiger partial charge in [0.2, 0.25) is 0 Å². The molecule has 3 rings (SSSR count). The summed E-state index contributed by atoms with van der Waals surface area (Å²) in [5.74, 6) is 0.833. The van der Waals surface area contributed by atoms with E-state index in [4.69, 9.17) is 9.26 Å². The first-order valence-electron chi connectivity index (χ1n) is 8.77. The minimum absolute atomic E-state index is 0.204. The summed E-state index contributed by atoms with van der Waals surface area (Å²) in [5, 5.41) is 6.91. The Morgan fingerprint density at radius 1 is 1.24 bits per heavy atom. The van der Waals surface area contributed by atoms with E-state index >= 15 is 0 Å². The first-order valence-corrected chi connectivity index (χ1v) is 8.77. The molecule has 1 aliphatic rings. The Bertz CT molecular complexity index is 678. The van der Waals surface area contributed by atoms with E-state index in [2.05, 4.69) is 29.2 Å². The second-order valence-corrected chi connectivity index (χ2v) is 6.61. The lowest BCUT2D eigenvalue weighted by Gasteiger charge is -2.36. The fourth-order valence-electron chi connectivity index (χ4n) is 3.10. The van der Waals surface area contributed by atoms with Crippen molar-refractivity contribution in [2.24, 2.45) is 5.92 Å². The van der Waals surface area contributed by atoms with Crippen LogP contribution in [0.4, 0.5) is 0 Å². The molecule has 1 aliphatic heterocycles. The highest BCUT2D eigenvalue weighted by atomic mass is 16.5. The average molecular weight is 343 g/mol. The number of ether oxygens (including phenoxy) is 1. The number of amides is 1. The van der Waals surface area contributed by atoms with Crippen LogP contribution in [0.25, 0.3) is 11.3 Å². The Morgan fingerprint density at radius 2 is 1.96 bits per heavy atom. The van der Waals surface area contributed by atoms with Gasteiger partial charge >= 0.3 is 0 Å². The van der Waals surface area contributed by atoms with E-state index in [-0.39, 0.29) is 11.9 Å². The Labute approximate surface area is 148 Å². The third-order valence-corrected chi connectivity index (χ3v) is 4.56. The van der Waals surface area contributed by atoms with E-state index in [1.54, 1.807) is 6.07 Å². The van der Waals surface area contributed by atoms with E-state index in [9.17, 15) is 4.79 Å². The maximum absolute atomic E-state index is 12.4. The number of nitrogens with zero attached hydrogens (tertiary/aromatic N) is 2. The van der Waals surface area contributed by atoms with E-state index < -0.39 is 0 Å². The van der Waals surface area contributed by atoms with E-state index in [1.165, 1.54) is 0 Å². The zero-order valence-electron chi connectivity index (χ0n) is 14.8. The van der Waals surface area contributed by atoms with Gasteiger partial charge in [0, 0.05) is 37.3 Å². The monoisotopic (exact) mass is 343 g/mol. The second kappa shape index (κ2) is 8.27. The summed E-state index contributed by atoms with van der Waals surface area (Å²) in [4.78, 5) is 14.8. The summed E-state index contributed by atoms with van der Waals surface area (Å²) < 4.78 is 10.7. The normalized spacial score (nSPS) is 16.8. The van der Waals surface area contributed by atoms with E-state index in [0.29, 0.717) is 23.9 Å². The van der Waals surface area contributed by atoms with Crippen LogP contribution in [0.5, 0.6) is 0 Å². The molecule has 134 valence electrons. The van der Waals surface area contributed by atoms with Crippen LogP contribution in [0, 0.1) is 5.92 Å². The van der Waals surface area contributed by atoms with Gasteiger partial charge in [0.1, 0.15) is 0 Å². The van der Waals surface area contributed by atoms with Crippen molar-refractivity contribution in [1.29, 1.82) is 0 Å². The molecule has 1 aromatic heterocycles. The molecule has 6 heteroatoms. The standard InChI is InChI=1S/C19H25N3O3/c1-14(2)17(22-8-10-24-11-9-22)13-20-19(23)16-12-18(25-21-16)15-6-4-3-5-7-15/h3-7,12,14,17H,8-11,13H2,1-2H3,(H,20,23)/t17-/m0/s1. The van der Waals surface area contributed by atoms with Gasteiger partial charge < -0.3 is 14.6 Å². The summed E-state index contributed by atoms with van der Waals surface area (Å²) in [6.45, 7) is 8.25. The Balaban J connectivity index is 1.60. The first-order chi connectivity index (χ1) is 12.1. The molecule has 1 saturated heterocycles. The van der Waals surface area contributed by atoms with Crippen LogP contribution in [0.15, 0.2) is 40.9 Å². The molecule has 1 amide bonds. The molecular formula is C19H25N3O3. The quantitative estimate of drug-likeness (QED) is 0.872. The van der Waals surface area contributed by atoms with E-state index in [1.807, 2.05) is 30.3 Å². The number of morpholine rings is 1. The van der Waals surface area contributed by atoms with Gasteiger partial charge in [-0.25, -0.2) is 0 Å². The lowest BCUT2D eigenvalue weighted by Crippen LogP contribution is -2.51. The molecule has 1 N–H and O–H groups in total. The summed E-state index contributed by atoms with van der Waals surface area (Å²) in [6.07, 6.45) is 0. The van der Waals surface area contributed by atoms with Crippen LogP contribution in [0.2, 0.25) is 0 Å². The molecule has 0 bridgehead atoms. The summed E-state index contributed by atoms with van der Waals surface area (Å²) in [7, 11) is 0. The van der Waals surface area contributed by atoms with Crippen LogP contribution in [-0.2, 0) is 4.74 Å². The maximum atomic E-state index is 12.4. The Morgan fingerprint density at radius 3 is 2.64 bits per heavy atom. The summed E-state index contributed by atoms with van der Waals surface area (Å²) >= 11 is 0. The van der Waals surface area contributed by atoms with E-state index in [0.717, 1.165) is 31.9 Å². The summed E-state index contributed by atoms with van der Waals surface area (Å²) in [5.41, 5.74) is 1.21. The van der Waals surface area contributed by atoms with Crippen molar-refractivity contribution in [2.45, 2.75) is 19.9 Å². The molecule has 0 unspecified atom stereocenters. The number of benzene rings is 1. The molecule has 1 fully saturated rings. The first kappa shape index (κ1) is 17.6. The Kier molecular flexibility index (Phi) is 5.83. The highest BCUT2D eigenvalue weighted by Gasteiger charge is 2.25. The zero-order valence-corrected chi connectivity index (χ0v) is 14.8. The average Bonchev–Trinajstić information content (AvgIpc) is 3.13. The second-order valence-electron chi connectivity index (χ2n) is 6.61. The highest BCUT2D eigenvalue weighted by Crippen LogP contribution is 2.19. The predicted molar refractivity (Wildman–Crippen MR) is 95.3 cm³/mol. The molecule has 6 nitrogen and oxygen atoms in total. The number of aromatic nitrogens is 1. The fourth-order valence-corrected chi connectivity index (χ4v) is 3.10. The third-order valence-electron chi connectivity index (χ3n) is 4.56. The van der Waals surface area contributed by atoms with Gasteiger partial charge in [0.25, 0.3) is 5.91 Å². The molecule has 0 radical (unpaired) electrons. The van der Waals surface area contributed by atoms with Crippen molar-refractivity contribution in [3.05, 3.63) is 42.1 Å². The van der Waals surface area contributed by atoms with Crippen LogP contribution in [0.3, 0.4) is 0 Å². The number of rotatable bonds is 6. The smallest absolute Gasteiger partial charge is 0.273 e. The van der Waals surface area contributed by atoms with Crippen molar-refractivity contribution >= 4 is 5.91 Å². The molecular weight excluding hydrogens is 318 g/mol. The van der Waals surface area contributed by atoms with Crippen molar-refractivity contribution in [1.82, 2.24) is 15.4 Å². The predicted octanol–water partition coefficient (Wildman–Crippen LogP) is 2.43. The topological polar surface area (TPSA) is 67.6 Å². The van der Waals surface area contributed by atoms with Crippen LogP contribution >= 0.6 is 0 Å². The van der Waals surface area contributed by atoms with Gasteiger partial charge in [-0.1, -0.05) is 49.3 Å². The minimum atomic E-state index is -0.204. The zero-order chi connectivity index (χ0) is 17.6. The van der Waals surface area contributed by atoms with Gasteiger partial charge in [0.05, 0.1) is 13.2 Å². The van der Waals surface area contributed by atoms with Crippen molar-refractivity contribution in [3.8, 4) is 11.3 Å². The van der Waals surface area contributed by atoms with Gasteiger partial charge in [0.15, 0.2) is 11.5 Å². The Hall–Kier alpha value is -2.18. The van der Waals surface area contributed by atoms with Gasteiger partial charge in [-0.05, 0) is 5.92 Å². The lowest BCUT2D eigenvalue weighted by atomic mass is 10.0. The number of hydrogen-bond acceptors (Lipinski definition) is 5. The van der Waals surface area contributed by atoms with Crippen molar-refractivity contribution < 1.29 is 14.1 Å². The largest absolute Gasteiger partial charge is 0.379 e. The molecule has 2 heterocycles. The van der Waals surface area contributed by atoms with Crippen LogP contribution < -0.4 is 5.32 Å². The third kappa shape index (κ3) is 4.46. The van der Waals surface area contributed by atoms with Crippen molar-refractivity contribution in [3.63, 3.8) is 0 Å². The molecule has 0 saturated carbocycles. The number of nitrogens with one attached hydrogen (secondary N) is 1. The number of carbonyl (C=O) groups is 1. The molecule has 0 aliphatic carbocycles. The van der Waals surface area contributed by atoms with Gasteiger partial charge in [-0.15, -0.1) is 0 Å². The lowest BCUT2D eigenvalue weighted by molar-refractivity contribution is 0.00671. The molecule has 0 spiro atoms. The molecule has 1 aromatic carbocycles. The van der Waals surface area contributed by atoms with Gasteiger partial charge in [-0.3, -0.25) is 9.69 Å².